The first-order chi connectivity index (χ1) is 10.6. The summed E-state index contributed by atoms with van der Waals surface area (Å²) in [6, 6.07) is 6.80. The molecular formula is C15H16IN3O3. The topological polar surface area (TPSA) is 80.2 Å². The Morgan fingerprint density at radius 2 is 2.27 bits per heavy atom. The molecule has 0 radical (unpaired) electrons. The molecular weight excluding hydrogens is 397 g/mol. The molecule has 116 valence electrons. The number of halogens is 1. The summed E-state index contributed by atoms with van der Waals surface area (Å²) in [5, 5.41) is 27.1. The van der Waals surface area contributed by atoms with Crippen LogP contribution in [0, 0.1) is 15.1 Å². The molecule has 1 aromatic rings. The fourth-order valence-corrected chi connectivity index (χ4v) is 1.57. The fourth-order valence-electron chi connectivity index (χ4n) is 1.41. The van der Waals surface area contributed by atoms with Gasteiger partial charge in [0.2, 0.25) is 6.20 Å². The number of para-hydroxylation sites is 1. The number of azo groups is 1. The predicted octanol–water partition coefficient (Wildman–Crippen LogP) is 3.63. The van der Waals surface area contributed by atoms with Gasteiger partial charge in [-0.25, -0.2) is 0 Å². The maximum atomic E-state index is 11.7. The first kappa shape index (κ1) is 18.0. The zero-order chi connectivity index (χ0) is 16.4. The Morgan fingerprint density at radius 1 is 1.55 bits per heavy atom. The standard InChI is InChI=1S/C15H16IN3O3/c1-12(13(2)18-20)17-19(21)10-8-14-6-3-4-7-15(14)22-11-5-9-16/h3-4,6-8,10,12,20H,11H2,1-2H3/b10-8+,18-13+,19-17?. The second-order valence-corrected chi connectivity index (χ2v) is 4.79. The zero-order valence-electron chi connectivity index (χ0n) is 12.2. The van der Waals surface area contributed by atoms with Crippen LogP contribution in [0.4, 0.5) is 0 Å². The monoisotopic (exact) mass is 413 g/mol. The van der Waals surface area contributed by atoms with Gasteiger partial charge in [-0.05, 0) is 29.0 Å². The lowest BCUT2D eigenvalue weighted by atomic mass is 10.2. The average molecular weight is 413 g/mol. The van der Waals surface area contributed by atoms with Gasteiger partial charge in [0.1, 0.15) is 12.4 Å². The highest BCUT2D eigenvalue weighted by atomic mass is 127. The minimum absolute atomic E-state index is 0.280. The number of rotatable bonds is 6. The molecule has 0 amide bonds. The second kappa shape index (κ2) is 9.78. The molecule has 0 saturated heterocycles. The molecule has 22 heavy (non-hydrogen) atoms. The summed E-state index contributed by atoms with van der Waals surface area (Å²) >= 11 is 1.94. The Bertz CT molecular complexity index is 645. The van der Waals surface area contributed by atoms with Gasteiger partial charge in [0.05, 0.1) is 5.71 Å². The van der Waals surface area contributed by atoms with Crippen molar-refractivity contribution in [1.82, 2.24) is 0 Å². The number of benzene rings is 1. The molecule has 1 rings (SSSR count). The lowest BCUT2D eigenvalue weighted by Crippen LogP contribution is -2.12. The largest absolute Gasteiger partial charge is 0.595 e. The van der Waals surface area contributed by atoms with Gasteiger partial charge in [0, 0.05) is 34.2 Å². The first-order valence-corrected chi connectivity index (χ1v) is 7.50. The van der Waals surface area contributed by atoms with Gasteiger partial charge < -0.3 is 15.2 Å². The van der Waals surface area contributed by atoms with E-state index in [4.69, 9.17) is 9.94 Å². The van der Waals surface area contributed by atoms with Crippen LogP contribution in [0.15, 0.2) is 40.7 Å². The Labute approximate surface area is 142 Å². The Morgan fingerprint density at radius 3 is 2.95 bits per heavy atom. The van der Waals surface area contributed by atoms with Crippen molar-refractivity contribution in [3.8, 4) is 15.6 Å². The summed E-state index contributed by atoms with van der Waals surface area (Å²) in [7, 11) is 0. The normalized spacial score (nSPS) is 13.6. The lowest BCUT2D eigenvalue weighted by molar-refractivity contribution is -0.459. The molecule has 0 spiro atoms. The summed E-state index contributed by atoms with van der Waals surface area (Å²) in [5.74, 6) is 3.43. The van der Waals surface area contributed by atoms with Crippen LogP contribution in [0.3, 0.4) is 0 Å². The van der Waals surface area contributed by atoms with Gasteiger partial charge >= 0.3 is 0 Å². The number of nitrogens with zero attached hydrogens (tertiary/aromatic N) is 3. The van der Waals surface area contributed by atoms with E-state index in [0.717, 1.165) is 5.56 Å². The molecule has 0 heterocycles. The molecule has 1 atom stereocenters. The molecule has 0 bridgehead atoms. The summed E-state index contributed by atoms with van der Waals surface area (Å²) in [4.78, 5) is 0.431. The Hall–Kier alpha value is -2.08. The molecule has 1 N–H and O–H groups in total. The Kier molecular flexibility index (Phi) is 7.99. The van der Waals surface area contributed by atoms with E-state index < -0.39 is 6.04 Å². The maximum Gasteiger partial charge on any atom is 0.210 e. The SMILES string of the molecule is C/C(=N\O)C(C)N=[N+]([O-])/C=C/c1ccccc1OCC#CI. The maximum absolute atomic E-state index is 11.7. The van der Waals surface area contributed by atoms with Crippen LogP contribution in [-0.2, 0) is 0 Å². The van der Waals surface area contributed by atoms with Crippen molar-refractivity contribution in [2.45, 2.75) is 19.9 Å². The number of hydroxylamine groups is 1. The van der Waals surface area contributed by atoms with Gasteiger partial charge in [0.15, 0.2) is 6.04 Å². The van der Waals surface area contributed by atoms with Gasteiger partial charge in [-0.15, -0.1) is 0 Å². The number of hydrogen-bond donors (Lipinski definition) is 1. The van der Waals surface area contributed by atoms with E-state index in [1.54, 1.807) is 26.0 Å². The predicted molar refractivity (Wildman–Crippen MR) is 93.2 cm³/mol. The van der Waals surface area contributed by atoms with Gasteiger partial charge in [-0.2, -0.15) is 0 Å². The average Bonchev–Trinajstić information content (AvgIpc) is 2.53. The minimum Gasteiger partial charge on any atom is -0.595 e. The van der Waals surface area contributed by atoms with Gasteiger partial charge in [-0.3, -0.25) is 0 Å². The minimum atomic E-state index is -0.502. The third-order valence-corrected chi connectivity index (χ3v) is 3.10. The fraction of sp³-hybridized carbons (Fsp3) is 0.267. The summed E-state index contributed by atoms with van der Waals surface area (Å²) < 4.78 is 8.23. The van der Waals surface area contributed by atoms with Crippen molar-refractivity contribution >= 4 is 34.4 Å². The molecule has 0 aliphatic rings. The highest BCUT2D eigenvalue weighted by molar-refractivity contribution is 14.1. The molecule has 0 saturated carbocycles. The van der Waals surface area contributed by atoms with Crippen molar-refractivity contribution in [3.05, 3.63) is 41.2 Å². The van der Waals surface area contributed by atoms with Crippen LogP contribution in [0.2, 0.25) is 0 Å². The van der Waals surface area contributed by atoms with Crippen molar-refractivity contribution in [2.75, 3.05) is 6.61 Å². The van der Waals surface area contributed by atoms with E-state index in [9.17, 15) is 5.21 Å². The van der Waals surface area contributed by atoms with Crippen molar-refractivity contribution in [2.24, 2.45) is 10.3 Å². The van der Waals surface area contributed by atoms with Crippen molar-refractivity contribution in [3.63, 3.8) is 0 Å². The van der Waals surface area contributed by atoms with Crippen LogP contribution in [0.25, 0.3) is 6.08 Å². The van der Waals surface area contributed by atoms with E-state index in [-0.39, 0.29) is 6.61 Å². The van der Waals surface area contributed by atoms with E-state index >= 15 is 0 Å². The summed E-state index contributed by atoms with van der Waals surface area (Å²) in [6.45, 7) is 3.53. The lowest BCUT2D eigenvalue weighted by Gasteiger charge is -2.05. The van der Waals surface area contributed by atoms with Gasteiger partial charge in [0.25, 0.3) is 0 Å². The Balaban J connectivity index is 2.84. The van der Waals surface area contributed by atoms with E-state index in [0.29, 0.717) is 16.3 Å². The van der Waals surface area contributed by atoms with Crippen molar-refractivity contribution < 1.29 is 14.8 Å². The number of oxime groups is 1. The smallest absolute Gasteiger partial charge is 0.210 e. The van der Waals surface area contributed by atoms with Crippen LogP contribution >= 0.6 is 22.6 Å². The molecule has 1 aromatic carbocycles. The van der Waals surface area contributed by atoms with Crippen LogP contribution in [-0.4, -0.2) is 28.4 Å². The van der Waals surface area contributed by atoms with Gasteiger partial charge in [-0.1, -0.05) is 34.1 Å². The zero-order valence-corrected chi connectivity index (χ0v) is 14.4. The van der Waals surface area contributed by atoms with Crippen LogP contribution in [0.5, 0.6) is 5.75 Å². The second-order valence-electron chi connectivity index (χ2n) is 4.25. The molecule has 0 fully saturated rings. The highest BCUT2D eigenvalue weighted by Crippen LogP contribution is 2.19. The molecule has 6 nitrogen and oxygen atoms in total. The van der Waals surface area contributed by atoms with E-state index in [1.165, 1.54) is 6.20 Å². The molecule has 0 aliphatic heterocycles. The number of hydrogen-bond acceptors (Lipinski definition) is 5. The first-order valence-electron chi connectivity index (χ1n) is 6.42. The third kappa shape index (κ3) is 6.13. The molecule has 0 aromatic heterocycles. The van der Waals surface area contributed by atoms with E-state index in [2.05, 4.69) is 20.1 Å². The van der Waals surface area contributed by atoms with Crippen molar-refractivity contribution in [1.29, 1.82) is 0 Å². The summed E-state index contributed by atoms with van der Waals surface area (Å²) in [5.41, 5.74) is 1.10. The molecule has 0 aliphatic carbocycles. The van der Waals surface area contributed by atoms with E-state index in [1.807, 2.05) is 40.8 Å². The van der Waals surface area contributed by atoms with Crippen LogP contribution < -0.4 is 4.74 Å². The molecule has 1 unspecified atom stereocenters. The van der Waals surface area contributed by atoms with Crippen LogP contribution in [0.1, 0.15) is 19.4 Å². The molecule has 7 heteroatoms. The number of ether oxygens (including phenoxy) is 1. The quantitative estimate of drug-likeness (QED) is 0.147. The highest BCUT2D eigenvalue weighted by Gasteiger charge is 2.08. The third-order valence-electron chi connectivity index (χ3n) is 2.72. The summed E-state index contributed by atoms with van der Waals surface area (Å²) in [6.07, 6.45) is 2.87.